The van der Waals surface area contributed by atoms with Crippen LogP contribution in [0.4, 0.5) is 13.2 Å². The van der Waals surface area contributed by atoms with Gasteiger partial charge in [0.2, 0.25) is 0 Å². The zero-order valence-electron chi connectivity index (χ0n) is 11.1. The van der Waals surface area contributed by atoms with Crippen LogP contribution < -0.4 is 5.73 Å². The Morgan fingerprint density at radius 3 is 2.57 bits per heavy atom. The molecule has 0 amide bonds. The molecule has 5 nitrogen and oxygen atoms in total. The Bertz CT molecular complexity index is 617. The highest BCUT2D eigenvalue weighted by molar-refractivity contribution is 5.21. The van der Waals surface area contributed by atoms with Crippen molar-refractivity contribution >= 4 is 0 Å². The van der Waals surface area contributed by atoms with Gasteiger partial charge in [-0.2, -0.15) is 0 Å². The van der Waals surface area contributed by atoms with Gasteiger partial charge in [-0.15, -0.1) is 5.10 Å². The summed E-state index contributed by atoms with van der Waals surface area (Å²) in [5.41, 5.74) is 6.33. The maximum absolute atomic E-state index is 13.5. The van der Waals surface area contributed by atoms with Gasteiger partial charge in [-0.3, -0.25) is 4.68 Å². The van der Waals surface area contributed by atoms with E-state index in [1.165, 1.54) is 4.68 Å². The monoisotopic (exact) mass is 300 g/mol. The van der Waals surface area contributed by atoms with Crippen LogP contribution in [0.5, 0.6) is 0 Å². The molecule has 0 bridgehead atoms. The number of aliphatic hydroxyl groups is 1. The van der Waals surface area contributed by atoms with Crippen LogP contribution in [0.2, 0.25) is 0 Å². The molecule has 21 heavy (non-hydrogen) atoms. The molecule has 0 saturated heterocycles. The molecule has 0 radical (unpaired) electrons. The molecule has 0 spiro atoms. The Morgan fingerprint density at radius 1 is 1.19 bits per heavy atom. The summed E-state index contributed by atoms with van der Waals surface area (Å²) in [7, 11) is 0. The number of aliphatic hydroxyl groups excluding tert-OH is 1. The van der Waals surface area contributed by atoms with Crippen molar-refractivity contribution in [3.63, 3.8) is 0 Å². The molecule has 1 aromatic heterocycles. The molecule has 0 aliphatic carbocycles. The smallest absolute Gasteiger partial charge is 0.161 e. The quantitative estimate of drug-likeness (QED) is 0.785. The molecule has 0 aliphatic rings. The number of halogens is 3. The predicted molar refractivity (Wildman–Crippen MR) is 68.6 cm³/mol. The standard InChI is InChI=1S/C13H15F3N4O/c14-11-5-13(16)12(15)4-8(11)3-9(17)1-2-20-6-10(7-21)18-19-20/h4-6,9,21H,1-3,7,17H2/t9-/m0/s1. The first-order valence-electron chi connectivity index (χ1n) is 6.38. The second-order valence-electron chi connectivity index (χ2n) is 4.74. The number of aryl methyl sites for hydroxylation is 1. The number of hydrogen-bond donors (Lipinski definition) is 2. The maximum Gasteiger partial charge on any atom is 0.161 e. The lowest BCUT2D eigenvalue weighted by atomic mass is 10.0. The molecule has 2 aromatic rings. The molecule has 2 rings (SSSR count). The fraction of sp³-hybridized carbons (Fsp3) is 0.385. The van der Waals surface area contributed by atoms with Crippen LogP contribution in [-0.4, -0.2) is 26.1 Å². The average Bonchev–Trinajstić information content (AvgIpc) is 2.90. The maximum atomic E-state index is 13.5. The number of aromatic nitrogens is 3. The summed E-state index contributed by atoms with van der Waals surface area (Å²) in [4.78, 5) is 0. The highest BCUT2D eigenvalue weighted by atomic mass is 19.2. The van der Waals surface area contributed by atoms with E-state index in [9.17, 15) is 13.2 Å². The highest BCUT2D eigenvalue weighted by Gasteiger charge is 2.13. The largest absolute Gasteiger partial charge is 0.390 e. The summed E-state index contributed by atoms with van der Waals surface area (Å²) in [5, 5.41) is 16.3. The Hall–Kier alpha value is -1.93. The minimum atomic E-state index is -1.22. The van der Waals surface area contributed by atoms with Crippen molar-refractivity contribution in [3.05, 3.63) is 47.0 Å². The van der Waals surface area contributed by atoms with Gasteiger partial charge in [-0.25, -0.2) is 13.2 Å². The van der Waals surface area contributed by atoms with E-state index in [4.69, 9.17) is 10.8 Å². The Morgan fingerprint density at radius 2 is 1.90 bits per heavy atom. The molecule has 0 saturated carbocycles. The Balaban J connectivity index is 1.92. The van der Waals surface area contributed by atoms with E-state index in [2.05, 4.69) is 10.3 Å². The van der Waals surface area contributed by atoms with Crippen molar-refractivity contribution < 1.29 is 18.3 Å². The van der Waals surface area contributed by atoms with Crippen LogP contribution in [0, 0.1) is 17.5 Å². The topological polar surface area (TPSA) is 77.0 Å². The Labute approximate surface area is 119 Å². The molecule has 0 fully saturated rings. The number of nitrogens with zero attached hydrogens (tertiary/aromatic N) is 3. The van der Waals surface area contributed by atoms with Gasteiger partial charge < -0.3 is 10.8 Å². The van der Waals surface area contributed by atoms with Crippen molar-refractivity contribution in [2.75, 3.05) is 0 Å². The second kappa shape index (κ2) is 6.68. The molecule has 1 atom stereocenters. The molecule has 8 heteroatoms. The van der Waals surface area contributed by atoms with E-state index in [-0.39, 0.29) is 18.6 Å². The van der Waals surface area contributed by atoms with Crippen LogP contribution >= 0.6 is 0 Å². The van der Waals surface area contributed by atoms with Gasteiger partial charge in [0, 0.05) is 18.7 Å². The summed E-state index contributed by atoms with van der Waals surface area (Å²) < 4.78 is 40.9. The normalized spacial score (nSPS) is 12.6. The van der Waals surface area contributed by atoms with Crippen LogP contribution in [0.25, 0.3) is 0 Å². The zero-order valence-corrected chi connectivity index (χ0v) is 11.1. The first kappa shape index (κ1) is 15.5. The molecule has 0 unspecified atom stereocenters. The summed E-state index contributed by atoms with van der Waals surface area (Å²) >= 11 is 0. The molecule has 3 N–H and O–H groups in total. The summed E-state index contributed by atoms with van der Waals surface area (Å²) in [6, 6.07) is 0.901. The van der Waals surface area contributed by atoms with Gasteiger partial charge in [0.1, 0.15) is 11.5 Å². The third-order valence-electron chi connectivity index (χ3n) is 3.05. The number of nitrogens with two attached hydrogens (primary N) is 1. The van der Waals surface area contributed by atoms with Crippen LogP contribution in [0.3, 0.4) is 0 Å². The van der Waals surface area contributed by atoms with Gasteiger partial charge in [0.25, 0.3) is 0 Å². The molecule has 1 heterocycles. The number of rotatable bonds is 6. The van der Waals surface area contributed by atoms with Gasteiger partial charge in [0.05, 0.1) is 12.8 Å². The van der Waals surface area contributed by atoms with Gasteiger partial charge >= 0.3 is 0 Å². The summed E-state index contributed by atoms with van der Waals surface area (Å²) in [5.74, 6) is -3.13. The Kier molecular flexibility index (Phi) is 4.92. The third kappa shape index (κ3) is 4.02. The average molecular weight is 300 g/mol. The molecule has 1 aromatic carbocycles. The first-order chi connectivity index (χ1) is 9.99. The van der Waals surface area contributed by atoms with Crippen molar-refractivity contribution in [3.8, 4) is 0 Å². The molecule has 0 aliphatic heterocycles. The van der Waals surface area contributed by atoms with E-state index >= 15 is 0 Å². The highest BCUT2D eigenvalue weighted by Crippen LogP contribution is 2.15. The number of benzene rings is 1. The fourth-order valence-corrected chi connectivity index (χ4v) is 1.92. The SMILES string of the molecule is N[C@@H](CCn1cc(CO)nn1)Cc1cc(F)c(F)cc1F. The van der Waals surface area contributed by atoms with Gasteiger partial charge in [-0.1, -0.05) is 5.21 Å². The first-order valence-corrected chi connectivity index (χ1v) is 6.38. The molecular weight excluding hydrogens is 285 g/mol. The van der Waals surface area contributed by atoms with Gasteiger partial charge in [-0.05, 0) is 24.5 Å². The van der Waals surface area contributed by atoms with Crippen LogP contribution in [-0.2, 0) is 19.6 Å². The zero-order chi connectivity index (χ0) is 15.4. The van der Waals surface area contributed by atoms with Crippen molar-refractivity contribution in [2.45, 2.75) is 32.0 Å². The summed E-state index contributed by atoms with van der Waals surface area (Å²) in [6.07, 6.45) is 2.11. The third-order valence-corrected chi connectivity index (χ3v) is 3.05. The second-order valence-corrected chi connectivity index (χ2v) is 4.74. The van der Waals surface area contributed by atoms with E-state index < -0.39 is 23.5 Å². The van der Waals surface area contributed by atoms with Crippen molar-refractivity contribution in [1.82, 2.24) is 15.0 Å². The predicted octanol–water partition coefficient (Wildman–Crippen LogP) is 1.15. The van der Waals surface area contributed by atoms with Crippen LogP contribution in [0.15, 0.2) is 18.3 Å². The summed E-state index contributed by atoms with van der Waals surface area (Å²) in [6.45, 7) is 0.228. The number of hydrogen-bond acceptors (Lipinski definition) is 4. The van der Waals surface area contributed by atoms with Crippen LogP contribution in [0.1, 0.15) is 17.7 Å². The lowest BCUT2D eigenvalue weighted by Crippen LogP contribution is -2.25. The molecular formula is C13H15F3N4O. The van der Waals surface area contributed by atoms with E-state index in [0.717, 1.165) is 6.07 Å². The van der Waals surface area contributed by atoms with E-state index in [0.29, 0.717) is 24.7 Å². The van der Waals surface area contributed by atoms with Crippen molar-refractivity contribution in [1.29, 1.82) is 0 Å². The van der Waals surface area contributed by atoms with Crippen molar-refractivity contribution in [2.24, 2.45) is 5.73 Å². The van der Waals surface area contributed by atoms with E-state index in [1.54, 1.807) is 6.20 Å². The molecule has 114 valence electrons. The minimum Gasteiger partial charge on any atom is -0.390 e. The minimum absolute atomic E-state index is 0.0380. The van der Waals surface area contributed by atoms with Gasteiger partial charge in [0.15, 0.2) is 11.6 Å². The fourth-order valence-electron chi connectivity index (χ4n) is 1.92. The lowest BCUT2D eigenvalue weighted by Gasteiger charge is -2.12. The van der Waals surface area contributed by atoms with E-state index in [1.807, 2.05) is 0 Å². The lowest BCUT2D eigenvalue weighted by molar-refractivity contribution is 0.276.